The first kappa shape index (κ1) is 11.4. The Bertz CT molecular complexity index is 348. The third-order valence-corrected chi connectivity index (χ3v) is 2.15. The zero-order valence-electron chi connectivity index (χ0n) is 8.22. The first-order valence-electron chi connectivity index (χ1n) is 4.68. The molecule has 3 N–H and O–H groups in total. The lowest BCUT2D eigenvalue weighted by atomic mass is 10.0. The van der Waals surface area contributed by atoms with E-state index in [4.69, 9.17) is 10.8 Å². The van der Waals surface area contributed by atoms with E-state index >= 15 is 0 Å². The summed E-state index contributed by atoms with van der Waals surface area (Å²) >= 11 is 0. The molecular weight excluding hydrogens is 194 g/mol. The number of benzene rings is 1. The molecule has 0 aliphatic rings. The van der Waals surface area contributed by atoms with E-state index in [2.05, 4.69) is 0 Å². The van der Waals surface area contributed by atoms with Gasteiger partial charge in [-0.3, -0.25) is 4.79 Å². The van der Waals surface area contributed by atoms with Crippen molar-refractivity contribution in [1.82, 2.24) is 0 Å². The molecular formula is C11H13NO3. The highest BCUT2D eigenvalue weighted by Gasteiger charge is 2.13. The van der Waals surface area contributed by atoms with Crippen molar-refractivity contribution in [2.45, 2.75) is 18.9 Å². The van der Waals surface area contributed by atoms with Crippen molar-refractivity contribution in [3.63, 3.8) is 0 Å². The molecule has 80 valence electrons. The fourth-order valence-corrected chi connectivity index (χ4v) is 1.26. The second kappa shape index (κ2) is 5.26. The summed E-state index contributed by atoms with van der Waals surface area (Å²) in [5, 5.41) is 8.38. The Labute approximate surface area is 87.7 Å². The molecule has 15 heavy (non-hydrogen) atoms. The van der Waals surface area contributed by atoms with E-state index in [1.54, 1.807) is 0 Å². The van der Waals surface area contributed by atoms with Gasteiger partial charge in [0.1, 0.15) is 0 Å². The zero-order valence-corrected chi connectivity index (χ0v) is 8.22. The number of hydrogen-bond acceptors (Lipinski definition) is 3. The van der Waals surface area contributed by atoms with Crippen molar-refractivity contribution < 1.29 is 14.7 Å². The molecule has 0 fully saturated rings. The van der Waals surface area contributed by atoms with Crippen molar-refractivity contribution in [3.8, 4) is 0 Å². The Morgan fingerprint density at radius 2 is 1.87 bits per heavy atom. The fraction of sp³-hybridized carbons (Fsp3) is 0.273. The molecule has 0 heterocycles. The number of carboxylic acid groups (broad SMARTS) is 1. The largest absolute Gasteiger partial charge is 0.476 e. The Hall–Kier alpha value is -1.68. The van der Waals surface area contributed by atoms with Crippen LogP contribution in [-0.4, -0.2) is 16.9 Å². The second-order valence-corrected chi connectivity index (χ2v) is 3.28. The first-order valence-corrected chi connectivity index (χ1v) is 4.68. The molecule has 0 aliphatic heterocycles. The van der Waals surface area contributed by atoms with Gasteiger partial charge in [0.25, 0.3) is 0 Å². The van der Waals surface area contributed by atoms with Crippen LogP contribution in [0.25, 0.3) is 0 Å². The van der Waals surface area contributed by atoms with Crippen molar-refractivity contribution in [1.29, 1.82) is 0 Å². The van der Waals surface area contributed by atoms with E-state index in [1.807, 2.05) is 30.3 Å². The lowest BCUT2D eigenvalue weighted by Gasteiger charge is -2.09. The molecule has 0 aliphatic carbocycles. The Morgan fingerprint density at radius 1 is 1.27 bits per heavy atom. The number of nitrogens with two attached hydrogens (primary N) is 1. The Balaban J connectivity index is 2.47. The molecule has 0 saturated carbocycles. The highest BCUT2D eigenvalue weighted by Crippen LogP contribution is 2.14. The van der Waals surface area contributed by atoms with Gasteiger partial charge in [-0.05, 0) is 12.0 Å². The minimum atomic E-state index is -1.39. The van der Waals surface area contributed by atoms with Crippen LogP contribution < -0.4 is 5.73 Å². The number of aliphatic carboxylic acids is 1. The van der Waals surface area contributed by atoms with E-state index in [1.165, 1.54) is 0 Å². The third-order valence-electron chi connectivity index (χ3n) is 2.15. The number of ketones is 1. The summed E-state index contributed by atoms with van der Waals surface area (Å²) in [5.41, 5.74) is 6.71. The van der Waals surface area contributed by atoms with Gasteiger partial charge in [-0.1, -0.05) is 30.3 Å². The maximum absolute atomic E-state index is 10.8. The van der Waals surface area contributed by atoms with Crippen LogP contribution in [0.4, 0.5) is 0 Å². The van der Waals surface area contributed by atoms with Crippen molar-refractivity contribution in [3.05, 3.63) is 35.9 Å². The van der Waals surface area contributed by atoms with Crippen LogP contribution >= 0.6 is 0 Å². The maximum atomic E-state index is 10.8. The predicted molar refractivity (Wildman–Crippen MR) is 55.2 cm³/mol. The van der Waals surface area contributed by atoms with E-state index in [0.717, 1.165) is 5.56 Å². The molecule has 0 bridgehead atoms. The SMILES string of the molecule is NC(CCC(=O)C(=O)O)c1ccccc1. The minimum absolute atomic E-state index is 0.0224. The molecule has 0 radical (unpaired) electrons. The lowest BCUT2D eigenvalue weighted by Crippen LogP contribution is -2.16. The van der Waals surface area contributed by atoms with Crippen molar-refractivity contribution in [2.24, 2.45) is 5.73 Å². The van der Waals surface area contributed by atoms with Gasteiger partial charge < -0.3 is 10.8 Å². The quantitative estimate of drug-likeness (QED) is 0.709. The lowest BCUT2D eigenvalue weighted by molar-refractivity contribution is -0.149. The van der Waals surface area contributed by atoms with E-state index < -0.39 is 11.8 Å². The molecule has 0 spiro atoms. The van der Waals surface area contributed by atoms with Crippen LogP contribution in [0.5, 0.6) is 0 Å². The van der Waals surface area contributed by atoms with Crippen LogP contribution in [0.15, 0.2) is 30.3 Å². The van der Waals surface area contributed by atoms with Gasteiger partial charge >= 0.3 is 5.97 Å². The van der Waals surface area contributed by atoms with Crippen LogP contribution in [0, 0.1) is 0 Å². The Morgan fingerprint density at radius 3 is 2.40 bits per heavy atom. The average Bonchev–Trinajstić information content (AvgIpc) is 2.26. The average molecular weight is 207 g/mol. The van der Waals surface area contributed by atoms with E-state index in [-0.39, 0.29) is 12.5 Å². The predicted octanol–water partition coefficient (Wildman–Crippen LogP) is 1.12. The monoisotopic (exact) mass is 207 g/mol. The zero-order chi connectivity index (χ0) is 11.3. The molecule has 1 rings (SSSR count). The molecule has 1 unspecified atom stereocenters. The van der Waals surface area contributed by atoms with Gasteiger partial charge in [-0.15, -0.1) is 0 Å². The summed E-state index contributed by atoms with van der Waals surface area (Å²) in [6, 6.07) is 9.02. The fourth-order valence-electron chi connectivity index (χ4n) is 1.26. The van der Waals surface area contributed by atoms with Crippen LogP contribution in [0.2, 0.25) is 0 Å². The normalized spacial score (nSPS) is 12.1. The second-order valence-electron chi connectivity index (χ2n) is 3.28. The molecule has 1 aromatic rings. The minimum Gasteiger partial charge on any atom is -0.476 e. The molecule has 0 amide bonds. The number of hydrogen-bond donors (Lipinski definition) is 2. The number of Topliss-reactive ketones (excluding diaryl/α,β-unsaturated/α-hetero) is 1. The number of carbonyl (C=O) groups excluding carboxylic acids is 1. The van der Waals surface area contributed by atoms with Gasteiger partial charge in [-0.2, -0.15) is 0 Å². The van der Waals surface area contributed by atoms with E-state index in [0.29, 0.717) is 6.42 Å². The molecule has 4 heteroatoms. The number of carboxylic acids is 1. The summed E-state index contributed by atoms with van der Waals surface area (Å²) in [4.78, 5) is 21.1. The van der Waals surface area contributed by atoms with Crippen LogP contribution in [-0.2, 0) is 9.59 Å². The van der Waals surface area contributed by atoms with E-state index in [9.17, 15) is 9.59 Å². The maximum Gasteiger partial charge on any atom is 0.372 e. The third kappa shape index (κ3) is 3.52. The van der Waals surface area contributed by atoms with Crippen molar-refractivity contribution >= 4 is 11.8 Å². The summed E-state index contributed by atoms with van der Waals surface area (Å²) in [7, 11) is 0. The Kier molecular flexibility index (Phi) is 4.00. The highest BCUT2D eigenvalue weighted by molar-refractivity contribution is 6.32. The highest BCUT2D eigenvalue weighted by atomic mass is 16.4. The molecule has 0 aromatic heterocycles. The van der Waals surface area contributed by atoms with Crippen LogP contribution in [0.1, 0.15) is 24.4 Å². The summed E-state index contributed by atoms with van der Waals surface area (Å²) in [6.45, 7) is 0. The summed E-state index contributed by atoms with van der Waals surface area (Å²) in [6.07, 6.45) is 0.334. The molecule has 0 saturated heterocycles. The van der Waals surface area contributed by atoms with Gasteiger partial charge in [0, 0.05) is 12.5 Å². The molecule has 1 aromatic carbocycles. The smallest absolute Gasteiger partial charge is 0.372 e. The summed E-state index contributed by atoms with van der Waals surface area (Å²) in [5.74, 6) is -2.18. The van der Waals surface area contributed by atoms with Gasteiger partial charge in [-0.25, -0.2) is 4.79 Å². The number of carbonyl (C=O) groups is 2. The standard InChI is InChI=1S/C11H13NO3/c12-9(6-7-10(13)11(14)15)8-4-2-1-3-5-8/h1-5,9H,6-7,12H2,(H,14,15). The van der Waals surface area contributed by atoms with Crippen molar-refractivity contribution in [2.75, 3.05) is 0 Å². The molecule has 1 atom stereocenters. The summed E-state index contributed by atoms with van der Waals surface area (Å²) < 4.78 is 0. The number of rotatable bonds is 5. The van der Waals surface area contributed by atoms with Gasteiger partial charge in [0.2, 0.25) is 5.78 Å². The van der Waals surface area contributed by atoms with Gasteiger partial charge in [0.15, 0.2) is 0 Å². The first-order chi connectivity index (χ1) is 7.11. The molecule has 4 nitrogen and oxygen atoms in total. The van der Waals surface area contributed by atoms with Gasteiger partial charge in [0.05, 0.1) is 0 Å². The topological polar surface area (TPSA) is 80.4 Å². The van der Waals surface area contributed by atoms with Crippen LogP contribution in [0.3, 0.4) is 0 Å².